The molecule has 0 atom stereocenters. The lowest BCUT2D eigenvalue weighted by Crippen LogP contribution is -2.15. The van der Waals surface area contributed by atoms with E-state index in [1.807, 2.05) is 6.07 Å². The zero-order valence-electron chi connectivity index (χ0n) is 9.95. The Morgan fingerprint density at radius 2 is 2.21 bits per heavy atom. The average molecular weight is 339 g/mol. The van der Waals surface area contributed by atoms with Gasteiger partial charge in [-0.25, -0.2) is 0 Å². The average Bonchev–Trinajstić information content (AvgIpc) is 2.69. The fourth-order valence-corrected chi connectivity index (χ4v) is 2.38. The van der Waals surface area contributed by atoms with Gasteiger partial charge in [-0.1, -0.05) is 11.6 Å². The van der Waals surface area contributed by atoms with Crippen molar-refractivity contribution in [3.63, 3.8) is 0 Å². The molecule has 1 aromatic heterocycles. The van der Waals surface area contributed by atoms with Gasteiger partial charge >= 0.3 is 0 Å². The Kier molecular flexibility index (Phi) is 3.93. The molecule has 19 heavy (non-hydrogen) atoms. The maximum absolute atomic E-state index is 12.1. The van der Waals surface area contributed by atoms with E-state index in [0.29, 0.717) is 22.0 Å². The largest absolute Gasteiger partial charge is 0.345 e. The fraction of sp³-hybridized carbons (Fsp3) is 0.0769. The molecule has 0 saturated carbocycles. The van der Waals surface area contributed by atoms with Crippen molar-refractivity contribution in [2.75, 3.05) is 5.32 Å². The van der Waals surface area contributed by atoms with Crippen LogP contribution in [-0.4, -0.2) is 10.5 Å². The number of nitriles is 1. The highest BCUT2D eigenvalue weighted by atomic mass is 79.9. The summed E-state index contributed by atoms with van der Waals surface area (Å²) in [4.78, 5) is 12.1. The maximum atomic E-state index is 12.1. The van der Waals surface area contributed by atoms with Crippen LogP contribution in [0, 0.1) is 11.3 Å². The summed E-state index contributed by atoms with van der Waals surface area (Å²) in [6.45, 7) is 0. The molecule has 2 rings (SSSR count). The van der Waals surface area contributed by atoms with Gasteiger partial charge in [0.1, 0.15) is 11.8 Å². The lowest BCUT2D eigenvalue weighted by atomic mass is 10.2. The van der Waals surface area contributed by atoms with E-state index >= 15 is 0 Å². The van der Waals surface area contributed by atoms with E-state index in [1.165, 1.54) is 0 Å². The van der Waals surface area contributed by atoms with Crippen LogP contribution >= 0.6 is 27.5 Å². The standard InChI is InChI=1S/C13H9BrClN3O/c1-18-7-9(14)4-12(18)13(19)17-10-3-2-8(6-16)11(15)5-10/h2-5,7H,1H3,(H,17,19). The molecule has 0 radical (unpaired) electrons. The first kappa shape index (κ1) is 13.7. The maximum Gasteiger partial charge on any atom is 0.272 e. The zero-order chi connectivity index (χ0) is 14.0. The number of nitrogens with zero attached hydrogens (tertiary/aromatic N) is 2. The summed E-state index contributed by atoms with van der Waals surface area (Å²) in [5.41, 5.74) is 1.44. The van der Waals surface area contributed by atoms with Crippen LogP contribution in [0.2, 0.25) is 5.02 Å². The first-order chi connectivity index (χ1) is 9.01. The molecule has 2 aromatic rings. The summed E-state index contributed by atoms with van der Waals surface area (Å²) in [5, 5.41) is 11.8. The lowest BCUT2D eigenvalue weighted by Gasteiger charge is -2.06. The zero-order valence-corrected chi connectivity index (χ0v) is 12.3. The third-order valence-corrected chi connectivity index (χ3v) is 3.30. The fourth-order valence-electron chi connectivity index (χ4n) is 1.63. The van der Waals surface area contributed by atoms with Gasteiger partial charge in [0.15, 0.2) is 0 Å². The Bertz CT molecular complexity index is 688. The highest BCUT2D eigenvalue weighted by Gasteiger charge is 2.12. The molecule has 0 aliphatic heterocycles. The van der Waals surface area contributed by atoms with E-state index in [-0.39, 0.29) is 5.91 Å². The van der Waals surface area contributed by atoms with Crippen molar-refractivity contribution < 1.29 is 4.79 Å². The molecule has 6 heteroatoms. The molecule has 1 amide bonds. The minimum atomic E-state index is -0.242. The van der Waals surface area contributed by atoms with Crippen LogP contribution in [0.15, 0.2) is 34.9 Å². The van der Waals surface area contributed by atoms with Crippen LogP contribution in [0.4, 0.5) is 5.69 Å². The number of hydrogen-bond acceptors (Lipinski definition) is 2. The molecule has 0 spiro atoms. The van der Waals surface area contributed by atoms with Crippen LogP contribution in [0.5, 0.6) is 0 Å². The monoisotopic (exact) mass is 337 g/mol. The van der Waals surface area contributed by atoms with E-state index in [9.17, 15) is 4.79 Å². The van der Waals surface area contributed by atoms with E-state index in [4.69, 9.17) is 16.9 Å². The van der Waals surface area contributed by atoms with E-state index < -0.39 is 0 Å². The van der Waals surface area contributed by atoms with Crippen molar-refractivity contribution in [2.24, 2.45) is 7.05 Å². The Labute approximate surface area is 123 Å². The molecule has 4 nitrogen and oxygen atoms in total. The molecule has 0 aliphatic rings. The van der Waals surface area contributed by atoms with Gasteiger partial charge in [-0.2, -0.15) is 5.26 Å². The first-order valence-electron chi connectivity index (χ1n) is 5.34. The highest BCUT2D eigenvalue weighted by molar-refractivity contribution is 9.10. The second-order valence-corrected chi connectivity index (χ2v) is 5.24. The number of carbonyl (C=O) groups excluding carboxylic acids is 1. The molecular weight excluding hydrogens is 330 g/mol. The van der Waals surface area contributed by atoms with E-state index in [0.717, 1.165) is 4.47 Å². The topological polar surface area (TPSA) is 57.8 Å². The lowest BCUT2D eigenvalue weighted by molar-refractivity contribution is 0.101. The Balaban J connectivity index is 2.22. The summed E-state index contributed by atoms with van der Waals surface area (Å²) in [6.07, 6.45) is 1.79. The normalized spacial score (nSPS) is 10.0. The third-order valence-electron chi connectivity index (χ3n) is 2.55. The molecule has 0 unspecified atom stereocenters. The Morgan fingerprint density at radius 1 is 1.47 bits per heavy atom. The molecule has 0 saturated heterocycles. The van der Waals surface area contributed by atoms with Gasteiger partial charge in [0.25, 0.3) is 5.91 Å². The van der Waals surface area contributed by atoms with Crippen molar-refractivity contribution in [2.45, 2.75) is 0 Å². The van der Waals surface area contributed by atoms with Gasteiger partial charge in [0.05, 0.1) is 10.6 Å². The van der Waals surface area contributed by atoms with Gasteiger partial charge in [-0.05, 0) is 40.2 Å². The predicted molar refractivity (Wildman–Crippen MR) is 77.2 cm³/mol. The van der Waals surface area contributed by atoms with Gasteiger partial charge in [0, 0.05) is 23.4 Å². The molecule has 0 bridgehead atoms. The highest BCUT2D eigenvalue weighted by Crippen LogP contribution is 2.21. The molecule has 1 aromatic carbocycles. The molecule has 1 N–H and O–H groups in total. The smallest absolute Gasteiger partial charge is 0.272 e. The number of aryl methyl sites for hydroxylation is 1. The van der Waals surface area contributed by atoms with Gasteiger partial charge in [-0.3, -0.25) is 4.79 Å². The first-order valence-corrected chi connectivity index (χ1v) is 6.51. The molecular formula is C13H9BrClN3O. The number of aromatic nitrogens is 1. The Hall–Kier alpha value is -1.77. The van der Waals surface area contributed by atoms with Crippen LogP contribution in [0.1, 0.15) is 16.1 Å². The van der Waals surface area contributed by atoms with Gasteiger partial charge < -0.3 is 9.88 Å². The van der Waals surface area contributed by atoms with Crippen molar-refractivity contribution in [1.29, 1.82) is 5.26 Å². The van der Waals surface area contributed by atoms with Crippen molar-refractivity contribution in [3.05, 3.63) is 51.2 Å². The number of halogens is 2. The molecule has 96 valence electrons. The number of hydrogen-bond donors (Lipinski definition) is 1. The van der Waals surface area contributed by atoms with E-state index in [1.54, 1.807) is 42.1 Å². The van der Waals surface area contributed by atoms with Crippen LogP contribution in [0.3, 0.4) is 0 Å². The number of amides is 1. The number of anilines is 1. The molecule has 0 fully saturated rings. The second kappa shape index (κ2) is 5.47. The minimum absolute atomic E-state index is 0.242. The molecule has 0 aliphatic carbocycles. The summed E-state index contributed by atoms with van der Waals surface area (Å²) in [5.74, 6) is -0.242. The van der Waals surface area contributed by atoms with Gasteiger partial charge in [0.2, 0.25) is 0 Å². The van der Waals surface area contributed by atoms with Crippen LogP contribution in [-0.2, 0) is 7.05 Å². The summed E-state index contributed by atoms with van der Waals surface area (Å²) in [6, 6.07) is 8.45. The third kappa shape index (κ3) is 2.98. The number of rotatable bonds is 2. The van der Waals surface area contributed by atoms with Crippen LogP contribution < -0.4 is 5.32 Å². The Morgan fingerprint density at radius 3 is 2.74 bits per heavy atom. The van der Waals surface area contributed by atoms with Crippen molar-refractivity contribution in [3.8, 4) is 6.07 Å². The summed E-state index contributed by atoms with van der Waals surface area (Å²) >= 11 is 9.22. The molecule has 1 heterocycles. The second-order valence-electron chi connectivity index (χ2n) is 3.92. The summed E-state index contributed by atoms with van der Waals surface area (Å²) in [7, 11) is 1.78. The number of carbonyl (C=O) groups is 1. The van der Waals surface area contributed by atoms with Crippen molar-refractivity contribution >= 4 is 39.1 Å². The van der Waals surface area contributed by atoms with E-state index in [2.05, 4.69) is 21.2 Å². The predicted octanol–water partition coefficient (Wildman–Crippen LogP) is 3.56. The SMILES string of the molecule is Cn1cc(Br)cc1C(=O)Nc1ccc(C#N)c(Cl)c1. The number of nitrogens with one attached hydrogen (secondary N) is 1. The summed E-state index contributed by atoms with van der Waals surface area (Å²) < 4.78 is 2.54. The van der Waals surface area contributed by atoms with Crippen molar-refractivity contribution in [1.82, 2.24) is 4.57 Å². The quantitative estimate of drug-likeness (QED) is 0.910. The number of benzene rings is 1. The van der Waals surface area contributed by atoms with Gasteiger partial charge in [-0.15, -0.1) is 0 Å². The van der Waals surface area contributed by atoms with Crippen LogP contribution in [0.25, 0.3) is 0 Å². The minimum Gasteiger partial charge on any atom is -0.345 e.